The van der Waals surface area contributed by atoms with E-state index in [4.69, 9.17) is 5.11 Å². The Balaban J connectivity index is 1.76. The highest BCUT2D eigenvalue weighted by atomic mass is 16.4. The Labute approximate surface area is 107 Å². The van der Waals surface area contributed by atoms with Crippen LogP contribution >= 0.6 is 0 Å². The SMILES string of the molecule is O=C(O)C1CCCC1CNC(=O)[C@H]1CCCNC1. The molecule has 3 N–H and O–H groups in total. The molecule has 1 saturated heterocycles. The number of nitrogens with one attached hydrogen (secondary N) is 2. The Morgan fingerprint density at radius 2 is 2.06 bits per heavy atom. The highest BCUT2D eigenvalue weighted by Crippen LogP contribution is 2.31. The van der Waals surface area contributed by atoms with Crippen LogP contribution in [0.15, 0.2) is 0 Å². The number of carboxylic acid groups (broad SMARTS) is 1. The third-order valence-corrected chi connectivity index (χ3v) is 4.18. The lowest BCUT2D eigenvalue weighted by atomic mass is 9.95. The topological polar surface area (TPSA) is 78.4 Å². The molecule has 0 radical (unpaired) electrons. The summed E-state index contributed by atoms with van der Waals surface area (Å²) in [5.41, 5.74) is 0. The quantitative estimate of drug-likeness (QED) is 0.686. The smallest absolute Gasteiger partial charge is 0.306 e. The van der Waals surface area contributed by atoms with Crippen molar-refractivity contribution in [3.05, 3.63) is 0 Å². The highest BCUT2D eigenvalue weighted by Gasteiger charge is 2.33. The fraction of sp³-hybridized carbons (Fsp3) is 0.846. The maximum Gasteiger partial charge on any atom is 0.306 e. The van der Waals surface area contributed by atoms with Gasteiger partial charge in [-0.1, -0.05) is 6.42 Å². The highest BCUT2D eigenvalue weighted by molar-refractivity contribution is 5.79. The minimum Gasteiger partial charge on any atom is -0.481 e. The molecule has 0 aromatic heterocycles. The van der Waals surface area contributed by atoms with E-state index >= 15 is 0 Å². The third kappa shape index (κ3) is 3.22. The van der Waals surface area contributed by atoms with Gasteiger partial charge in [0.15, 0.2) is 0 Å². The molecule has 2 fully saturated rings. The van der Waals surface area contributed by atoms with Gasteiger partial charge in [-0.15, -0.1) is 0 Å². The average molecular weight is 254 g/mol. The van der Waals surface area contributed by atoms with Crippen molar-refractivity contribution in [3.63, 3.8) is 0 Å². The van der Waals surface area contributed by atoms with Gasteiger partial charge >= 0.3 is 5.97 Å². The number of aliphatic carboxylic acids is 1. The van der Waals surface area contributed by atoms with Gasteiger partial charge < -0.3 is 15.7 Å². The zero-order chi connectivity index (χ0) is 13.0. The summed E-state index contributed by atoms with van der Waals surface area (Å²) < 4.78 is 0. The van der Waals surface area contributed by atoms with E-state index < -0.39 is 5.97 Å². The van der Waals surface area contributed by atoms with E-state index in [1.165, 1.54) is 0 Å². The summed E-state index contributed by atoms with van der Waals surface area (Å²) in [5.74, 6) is -0.731. The summed E-state index contributed by atoms with van der Waals surface area (Å²) in [7, 11) is 0. The van der Waals surface area contributed by atoms with E-state index in [1.54, 1.807) is 0 Å². The molecule has 0 aromatic rings. The molecule has 2 unspecified atom stereocenters. The number of hydrogen-bond donors (Lipinski definition) is 3. The van der Waals surface area contributed by atoms with Crippen LogP contribution in [-0.2, 0) is 9.59 Å². The summed E-state index contributed by atoms with van der Waals surface area (Å²) in [4.78, 5) is 23.0. The molecule has 3 atom stereocenters. The molecule has 2 aliphatic rings. The molecule has 1 heterocycles. The van der Waals surface area contributed by atoms with E-state index in [0.717, 1.165) is 45.2 Å². The maximum absolute atomic E-state index is 11.9. The molecule has 18 heavy (non-hydrogen) atoms. The number of carboxylic acids is 1. The van der Waals surface area contributed by atoms with Crippen molar-refractivity contribution in [1.82, 2.24) is 10.6 Å². The van der Waals surface area contributed by atoms with Crippen LogP contribution in [0.5, 0.6) is 0 Å². The predicted octanol–water partition coefficient (Wildman–Crippen LogP) is 0.603. The fourth-order valence-corrected chi connectivity index (χ4v) is 3.06. The lowest BCUT2D eigenvalue weighted by molar-refractivity contribution is -0.143. The Bertz CT molecular complexity index is 313. The van der Waals surface area contributed by atoms with Gasteiger partial charge in [0.1, 0.15) is 0 Å². The van der Waals surface area contributed by atoms with E-state index in [-0.39, 0.29) is 23.7 Å². The molecule has 1 aliphatic heterocycles. The van der Waals surface area contributed by atoms with E-state index in [0.29, 0.717) is 6.54 Å². The second-order valence-corrected chi connectivity index (χ2v) is 5.42. The molecule has 5 nitrogen and oxygen atoms in total. The Hall–Kier alpha value is -1.10. The third-order valence-electron chi connectivity index (χ3n) is 4.18. The van der Waals surface area contributed by atoms with Gasteiger partial charge in [-0.2, -0.15) is 0 Å². The first kappa shape index (κ1) is 13.3. The molecule has 1 saturated carbocycles. The molecular weight excluding hydrogens is 232 g/mol. The predicted molar refractivity (Wildman–Crippen MR) is 67.1 cm³/mol. The summed E-state index contributed by atoms with van der Waals surface area (Å²) in [6, 6.07) is 0. The second kappa shape index (κ2) is 6.18. The van der Waals surface area contributed by atoms with Crippen molar-refractivity contribution in [1.29, 1.82) is 0 Å². The standard InChI is InChI=1S/C13H22N2O3/c16-12(10-4-2-6-14-7-10)15-8-9-3-1-5-11(9)13(17)18/h9-11,14H,1-8H2,(H,15,16)(H,17,18)/t9?,10-,11?/m0/s1. The average Bonchev–Trinajstić information content (AvgIpc) is 2.85. The van der Waals surface area contributed by atoms with Crippen molar-refractivity contribution >= 4 is 11.9 Å². The van der Waals surface area contributed by atoms with Gasteiger partial charge in [-0.3, -0.25) is 9.59 Å². The number of amides is 1. The second-order valence-electron chi connectivity index (χ2n) is 5.42. The maximum atomic E-state index is 11.9. The van der Waals surface area contributed by atoms with E-state index in [1.807, 2.05) is 0 Å². The van der Waals surface area contributed by atoms with E-state index in [9.17, 15) is 9.59 Å². The number of rotatable bonds is 4. The van der Waals surface area contributed by atoms with Crippen LogP contribution in [0.4, 0.5) is 0 Å². The fourth-order valence-electron chi connectivity index (χ4n) is 3.06. The molecule has 0 bridgehead atoms. The lowest BCUT2D eigenvalue weighted by Gasteiger charge is -2.23. The largest absolute Gasteiger partial charge is 0.481 e. The van der Waals surface area contributed by atoms with Crippen LogP contribution < -0.4 is 10.6 Å². The van der Waals surface area contributed by atoms with Crippen LogP contribution in [0.3, 0.4) is 0 Å². The van der Waals surface area contributed by atoms with Crippen LogP contribution in [-0.4, -0.2) is 36.6 Å². The Morgan fingerprint density at radius 1 is 1.22 bits per heavy atom. The molecule has 1 amide bonds. The first-order valence-corrected chi connectivity index (χ1v) is 6.89. The van der Waals surface area contributed by atoms with Gasteiger partial charge in [0, 0.05) is 13.1 Å². The zero-order valence-corrected chi connectivity index (χ0v) is 10.7. The molecule has 0 aromatic carbocycles. The molecule has 102 valence electrons. The van der Waals surface area contributed by atoms with Crippen LogP contribution in [0, 0.1) is 17.8 Å². The molecular formula is C13H22N2O3. The van der Waals surface area contributed by atoms with Gasteiger partial charge in [-0.05, 0) is 38.1 Å². The monoisotopic (exact) mass is 254 g/mol. The normalized spacial score (nSPS) is 32.1. The minimum atomic E-state index is -0.717. The summed E-state index contributed by atoms with van der Waals surface area (Å²) in [6.45, 7) is 2.26. The first-order valence-electron chi connectivity index (χ1n) is 6.89. The van der Waals surface area contributed by atoms with Crippen molar-refractivity contribution in [2.24, 2.45) is 17.8 Å². The van der Waals surface area contributed by atoms with Crippen LogP contribution in [0.1, 0.15) is 32.1 Å². The van der Waals surface area contributed by atoms with Crippen molar-refractivity contribution in [3.8, 4) is 0 Å². The molecule has 2 rings (SSSR count). The van der Waals surface area contributed by atoms with Gasteiger partial charge in [-0.25, -0.2) is 0 Å². The first-order chi connectivity index (χ1) is 8.68. The van der Waals surface area contributed by atoms with Gasteiger partial charge in [0.25, 0.3) is 0 Å². The summed E-state index contributed by atoms with van der Waals surface area (Å²) in [6.07, 6.45) is 4.61. The van der Waals surface area contributed by atoms with Crippen molar-refractivity contribution in [2.45, 2.75) is 32.1 Å². The summed E-state index contributed by atoms with van der Waals surface area (Å²) in [5, 5.41) is 15.2. The number of hydrogen-bond acceptors (Lipinski definition) is 3. The van der Waals surface area contributed by atoms with Crippen LogP contribution in [0.25, 0.3) is 0 Å². The number of carbonyl (C=O) groups excluding carboxylic acids is 1. The minimum absolute atomic E-state index is 0.0587. The molecule has 5 heteroatoms. The Morgan fingerprint density at radius 3 is 2.72 bits per heavy atom. The van der Waals surface area contributed by atoms with Gasteiger partial charge in [0.05, 0.1) is 11.8 Å². The lowest BCUT2D eigenvalue weighted by Crippen LogP contribution is -2.42. The molecule has 1 aliphatic carbocycles. The molecule has 0 spiro atoms. The van der Waals surface area contributed by atoms with Crippen molar-refractivity contribution < 1.29 is 14.7 Å². The van der Waals surface area contributed by atoms with E-state index in [2.05, 4.69) is 10.6 Å². The summed E-state index contributed by atoms with van der Waals surface area (Å²) >= 11 is 0. The Kier molecular flexibility index (Phi) is 4.58. The number of carbonyl (C=O) groups is 2. The van der Waals surface area contributed by atoms with Crippen molar-refractivity contribution in [2.75, 3.05) is 19.6 Å². The van der Waals surface area contributed by atoms with Crippen LogP contribution in [0.2, 0.25) is 0 Å². The number of piperidine rings is 1. The zero-order valence-electron chi connectivity index (χ0n) is 10.7. The van der Waals surface area contributed by atoms with Gasteiger partial charge in [0.2, 0.25) is 5.91 Å².